The number of hydrogen-bond donors (Lipinski definition) is 0. The number of fused-ring (bicyclic) bond motifs is 1. The number of ether oxygens (including phenoxy) is 1. The van der Waals surface area contributed by atoms with Gasteiger partial charge in [-0.1, -0.05) is 6.08 Å². The highest BCUT2D eigenvalue weighted by molar-refractivity contribution is 6.12. The molecule has 12 heavy (non-hydrogen) atoms. The summed E-state index contributed by atoms with van der Waals surface area (Å²) in [6, 6.07) is 0. The molecule has 0 fully saturated rings. The van der Waals surface area contributed by atoms with E-state index in [1.54, 1.807) is 12.2 Å². The average molecular weight is 162 g/mol. The third-order valence-corrected chi connectivity index (χ3v) is 1.83. The quantitative estimate of drug-likeness (QED) is 0.528. The van der Waals surface area contributed by atoms with Crippen LogP contribution in [0.15, 0.2) is 35.1 Å². The van der Waals surface area contributed by atoms with Crippen LogP contribution in [0.1, 0.15) is 0 Å². The van der Waals surface area contributed by atoms with E-state index >= 15 is 0 Å². The SMILES string of the molecule is O=CC1=C2C(=O)C=CC=C2OC1. The van der Waals surface area contributed by atoms with Crippen molar-refractivity contribution in [2.75, 3.05) is 6.61 Å². The van der Waals surface area contributed by atoms with Crippen LogP contribution < -0.4 is 0 Å². The minimum absolute atomic E-state index is 0.146. The smallest absolute Gasteiger partial charge is 0.190 e. The van der Waals surface area contributed by atoms with E-state index in [0.717, 1.165) is 0 Å². The van der Waals surface area contributed by atoms with Crippen molar-refractivity contribution in [3.63, 3.8) is 0 Å². The molecule has 0 aromatic rings. The van der Waals surface area contributed by atoms with E-state index in [1.165, 1.54) is 6.08 Å². The molecule has 3 heteroatoms. The van der Waals surface area contributed by atoms with Gasteiger partial charge in [-0.25, -0.2) is 0 Å². The molecule has 2 aliphatic rings. The van der Waals surface area contributed by atoms with Crippen molar-refractivity contribution >= 4 is 12.1 Å². The van der Waals surface area contributed by atoms with Gasteiger partial charge in [0.1, 0.15) is 18.7 Å². The van der Waals surface area contributed by atoms with Gasteiger partial charge in [0.15, 0.2) is 5.78 Å². The number of allylic oxidation sites excluding steroid dienone is 4. The van der Waals surface area contributed by atoms with Crippen LogP contribution in [0.5, 0.6) is 0 Å². The van der Waals surface area contributed by atoms with Gasteiger partial charge in [0.2, 0.25) is 0 Å². The van der Waals surface area contributed by atoms with Crippen LogP contribution >= 0.6 is 0 Å². The molecule has 1 aliphatic carbocycles. The monoisotopic (exact) mass is 162 g/mol. The Bertz CT molecular complexity index is 345. The molecule has 0 N–H and O–H groups in total. The number of aldehydes is 1. The van der Waals surface area contributed by atoms with E-state index in [-0.39, 0.29) is 12.4 Å². The number of hydrogen-bond acceptors (Lipinski definition) is 3. The van der Waals surface area contributed by atoms with Gasteiger partial charge in [-0.05, 0) is 12.2 Å². The lowest BCUT2D eigenvalue weighted by Crippen LogP contribution is -2.04. The largest absolute Gasteiger partial charge is 0.488 e. The Morgan fingerprint density at radius 1 is 1.50 bits per heavy atom. The summed E-state index contributed by atoms with van der Waals surface area (Å²) in [5.41, 5.74) is 0.864. The van der Waals surface area contributed by atoms with Gasteiger partial charge in [-0.3, -0.25) is 9.59 Å². The topological polar surface area (TPSA) is 43.4 Å². The van der Waals surface area contributed by atoms with Crippen molar-refractivity contribution < 1.29 is 14.3 Å². The van der Waals surface area contributed by atoms with Crippen molar-refractivity contribution in [3.8, 4) is 0 Å². The van der Waals surface area contributed by atoms with Crippen LogP contribution in [0.4, 0.5) is 0 Å². The maximum Gasteiger partial charge on any atom is 0.190 e. The summed E-state index contributed by atoms with van der Waals surface area (Å²) in [7, 11) is 0. The second-order valence-electron chi connectivity index (χ2n) is 2.56. The van der Waals surface area contributed by atoms with Crippen LogP contribution in [0, 0.1) is 0 Å². The number of carbonyl (C=O) groups excluding carboxylic acids is 2. The lowest BCUT2D eigenvalue weighted by molar-refractivity contribution is -0.111. The highest BCUT2D eigenvalue weighted by Gasteiger charge is 2.26. The van der Waals surface area contributed by atoms with Crippen molar-refractivity contribution in [1.29, 1.82) is 0 Å². The zero-order valence-electron chi connectivity index (χ0n) is 6.24. The molecule has 0 unspecified atom stereocenters. The van der Waals surface area contributed by atoms with E-state index in [1.807, 2.05) is 0 Å². The Morgan fingerprint density at radius 3 is 3.08 bits per heavy atom. The van der Waals surface area contributed by atoms with Crippen LogP contribution in [0.25, 0.3) is 0 Å². The Hall–Kier alpha value is -1.64. The minimum Gasteiger partial charge on any atom is -0.488 e. The van der Waals surface area contributed by atoms with Gasteiger partial charge in [-0.15, -0.1) is 0 Å². The Morgan fingerprint density at radius 2 is 2.33 bits per heavy atom. The predicted molar refractivity (Wildman–Crippen MR) is 41.3 cm³/mol. The normalized spacial score (nSPS) is 20.3. The van der Waals surface area contributed by atoms with Gasteiger partial charge in [-0.2, -0.15) is 0 Å². The molecule has 0 amide bonds. The molecule has 0 spiro atoms. The van der Waals surface area contributed by atoms with Crippen molar-refractivity contribution in [2.45, 2.75) is 0 Å². The molecule has 1 heterocycles. The van der Waals surface area contributed by atoms with Crippen molar-refractivity contribution in [2.24, 2.45) is 0 Å². The van der Waals surface area contributed by atoms with Crippen LogP contribution in [-0.4, -0.2) is 18.7 Å². The van der Waals surface area contributed by atoms with Gasteiger partial charge < -0.3 is 4.74 Å². The summed E-state index contributed by atoms with van der Waals surface area (Å²) in [5, 5.41) is 0. The second-order valence-corrected chi connectivity index (χ2v) is 2.56. The van der Waals surface area contributed by atoms with Crippen molar-refractivity contribution in [3.05, 3.63) is 35.1 Å². The van der Waals surface area contributed by atoms with E-state index in [9.17, 15) is 9.59 Å². The molecule has 0 aromatic carbocycles. The third-order valence-electron chi connectivity index (χ3n) is 1.83. The predicted octanol–water partition coefficient (Wildman–Crippen LogP) is 0.535. The summed E-state index contributed by atoms with van der Waals surface area (Å²) in [6.07, 6.45) is 5.41. The van der Waals surface area contributed by atoms with Gasteiger partial charge in [0.25, 0.3) is 0 Å². The lowest BCUT2D eigenvalue weighted by atomic mass is 10.0. The second kappa shape index (κ2) is 2.44. The summed E-state index contributed by atoms with van der Waals surface area (Å²) in [6.45, 7) is 0.220. The molecular formula is C9H6O3. The molecule has 60 valence electrons. The zero-order chi connectivity index (χ0) is 8.55. The van der Waals surface area contributed by atoms with Crippen LogP contribution in [0.3, 0.4) is 0 Å². The molecule has 0 bridgehead atoms. The van der Waals surface area contributed by atoms with Gasteiger partial charge in [0.05, 0.1) is 5.57 Å². The fraction of sp³-hybridized carbons (Fsp3) is 0.111. The first-order chi connectivity index (χ1) is 5.83. The molecule has 2 rings (SSSR count). The first-order valence-electron chi connectivity index (χ1n) is 3.57. The number of ketones is 1. The molecular weight excluding hydrogens is 156 g/mol. The highest BCUT2D eigenvalue weighted by Crippen LogP contribution is 2.27. The van der Waals surface area contributed by atoms with Crippen LogP contribution in [0.2, 0.25) is 0 Å². The number of rotatable bonds is 1. The molecule has 3 nitrogen and oxygen atoms in total. The van der Waals surface area contributed by atoms with E-state index in [0.29, 0.717) is 23.2 Å². The van der Waals surface area contributed by atoms with Gasteiger partial charge >= 0.3 is 0 Å². The first kappa shape index (κ1) is 7.03. The fourth-order valence-corrected chi connectivity index (χ4v) is 1.27. The summed E-state index contributed by atoms with van der Waals surface area (Å²) in [5.74, 6) is 0.372. The fourth-order valence-electron chi connectivity index (χ4n) is 1.27. The third kappa shape index (κ3) is 0.830. The Balaban J connectivity index is 2.55. The Kier molecular flexibility index (Phi) is 1.43. The zero-order valence-corrected chi connectivity index (χ0v) is 6.24. The molecule has 1 aliphatic heterocycles. The molecule has 0 radical (unpaired) electrons. The molecule has 0 saturated heterocycles. The summed E-state index contributed by atoms with van der Waals surface area (Å²) < 4.78 is 5.11. The standard InChI is InChI=1S/C9H6O3/c10-4-6-5-12-8-3-1-2-7(11)9(6)8/h1-4H,5H2. The average Bonchev–Trinajstić information content (AvgIpc) is 2.49. The molecule has 0 atom stereocenters. The van der Waals surface area contributed by atoms with E-state index in [2.05, 4.69) is 0 Å². The maximum atomic E-state index is 11.2. The van der Waals surface area contributed by atoms with E-state index in [4.69, 9.17) is 4.74 Å². The maximum absolute atomic E-state index is 11.2. The van der Waals surface area contributed by atoms with Gasteiger partial charge in [0, 0.05) is 5.57 Å². The first-order valence-corrected chi connectivity index (χ1v) is 3.57. The summed E-state index contributed by atoms with van der Waals surface area (Å²) in [4.78, 5) is 21.7. The van der Waals surface area contributed by atoms with Crippen LogP contribution in [-0.2, 0) is 14.3 Å². The minimum atomic E-state index is -0.146. The number of carbonyl (C=O) groups is 2. The Labute approximate surface area is 69.0 Å². The molecule has 0 aromatic heterocycles. The van der Waals surface area contributed by atoms with E-state index < -0.39 is 0 Å². The highest BCUT2D eigenvalue weighted by atomic mass is 16.5. The lowest BCUT2D eigenvalue weighted by Gasteiger charge is -2.03. The van der Waals surface area contributed by atoms with Crippen molar-refractivity contribution in [1.82, 2.24) is 0 Å². The molecule has 0 saturated carbocycles. The summed E-state index contributed by atoms with van der Waals surface area (Å²) >= 11 is 0.